The first-order valence-electron chi connectivity index (χ1n) is 5.25. The molecule has 2 nitrogen and oxygen atoms in total. The van der Waals surface area contributed by atoms with Crippen molar-refractivity contribution in [3.05, 3.63) is 24.3 Å². The molecule has 1 unspecified atom stereocenters. The summed E-state index contributed by atoms with van der Waals surface area (Å²) in [5.41, 5.74) is 1.51. The van der Waals surface area contributed by atoms with Gasteiger partial charge in [-0.15, -0.1) is 0 Å². The number of ether oxygens (including phenoxy) is 1. The van der Waals surface area contributed by atoms with Crippen LogP contribution in [0, 0.1) is 16.7 Å². The maximum Gasteiger partial charge on any atom is 0.0988 e. The number of nitriles is 1. The fraction of sp³-hybridized carbons (Fsp3) is 0.615. The molecular formula is C13H21NO. The second kappa shape index (κ2) is 6.42. The molecule has 0 bridgehead atoms. The van der Waals surface area contributed by atoms with Crippen molar-refractivity contribution in [1.29, 1.82) is 5.26 Å². The van der Waals surface area contributed by atoms with Gasteiger partial charge < -0.3 is 4.74 Å². The summed E-state index contributed by atoms with van der Waals surface area (Å²) < 4.78 is 5.20. The van der Waals surface area contributed by atoms with E-state index in [4.69, 9.17) is 10.00 Å². The van der Waals surface area contributed by atoms with Crippen LogP contribution in [0.3, 0.4) is 0 Å². The van der Waals surface area contributed by atoms with Crippen molar-refractivity contribution < 1.29 is 4.74 Å². The van der Waals surface area contributed by atoms with Gasteiger partial charge >= 0.3 is 0 Å². The van der Waals surface area contributed by atoms with Gasteiger partial charge in [0.05, 0.1) is 12.7 Å². The van der Waals surface area contributed by atoms with Gasteiger partial charge in [0, 0.05) is 12.7 Å². The van der Waals surface area contributed by atoms with Gasteiger partial charge in [-0.3, -0.25) is 0 Å². The molecule has 0 aliphatic heterocycles. The standard InChI is InChI=1S/C13H21NO/c1-6-13(4,10-15-5)8-7-11(2)12(3)9-14/h2-3,6-8,10H2,1,4-5H3. The zero-order valence-corrected chi connectivity index (χ0v) is 10.1. The van der Waals surface area contributed by atoms with E-state index in [1.165, 1.54) is 0 Å². The molecule has 0 radical (unpaired) electrons. The van der Waals surface area contributed by atoms with E-state index < -0.39 is 0 Å². The maximum atomic E-state index is 8.66. The van der Waals surface area contributed by atoms with E-state index in [0.29, 0.717) is 5.57 Å². The van der Waals surface area contributed by atoms with Crippen LogP contribution in [-0.4, -0.2) is 13.7 Å². The summed E-state index contributed by atoms with van der Waals surface area (Å²) in [7, 11) is 1.72. The van der Waals surface area contributed by atoms with Gasteiger partial charge in [-0.05, 0) is 30.3 Å². The van der Waals surface area contributed by atoms with E-state index in [2.05, 4.69) is 27.0 Å². The Morgan fingerprint density at radius 1 is 1.47 bits per heavy atom. The van der Waals surface area contributed by atoms with E-state index in [-0.39, 0.29) is 5.41 Å². The zero-order valence-electron chi connectivity index (χ0n) is 10.1. The first-order valence-corrected chi connectivity index (χ1v) is 5.25. The van der Waals surface area contributed by atoms with Crippen LogP contribution in [0.15, 0.2) is 24.3 Å². The van der Waals surface area contributed by atoms with Crippen LogP contribution in [0.25, 0.3) is 0 Å². The molecule has 0 rings (SSSR count). The van der Waals surface area contributed by atoms with Gasteiger partial charge in [-0.25, -0.2) is 0 Å². The van der Waals surface area contributed by atoms with Crippen molar-refractivity contribution in [3.63, 3.8) is 0 Å². The monoisotopic (exact) mass is 207 g/mol. The quantitative estimate of drug-likeness (QED) is 0.473. The van der Waals surface area contributed by atoms with Gasteiger partial charge in [-0.2, -0.15) is 5.26 Å². The molecule has 15 heavy (non-hydrogen) atoms. The van der Waals surface area contributed by atoms with Crippen molar-refractivity contribution >= 4 is 0 Å². The van der Waals surface area contributed by atoms with E-state index in [1.807, 2.05) is 6.07 Å². The van der Waals surface area contributed by atoms with Crippen LogP contribution in [0.2, 0.25) is 0 Å². The van der Waals surface area contributed by atoms with Crippen molar-refractivity contribution in [1.82, 2.24) is 0 Å². The summed E-state index contributed by atoms with van der Waals surface area (Å²) in [6.07, 6.45) is 2.87. The normalized spacial score (nSPS) is 14.0. The molecule has 0 aliphatic carbocycles. The Bertz CT molecular complexity index is 275. The molecule has 84 valence electrons. The van der Waals surface area contributed by atoms with E-state index in [1.54, 1.807) is 7.11 Å². The topological polar surface area (TPSA) is 33.0 Å². The second-order valence-electron chi connectivity index (χ2n) is 4.29. The van der Waals surface area contributed by atoms with E-state index in [0.717, 1.165) is 31.4 Å². The minimum atomic E-state index is 0.174. The van der Waals surface area contributed by atoms with Gasteiger partial charge in [-0.1, -0.05) is 27.0 Å². The summed E-state index contributed by atoms with van der Waals surface area (Å²) >= 11 is 0. The fourth-order valence-corrected chi connectivity index (χ4v) is 1.38. The van der Waals surface area contributed by atoms with Crippen molar-refractivity contribution in [2.75, 3.05) is 13.7 Å². The Labute approximate surface area is 93.2 Å². The molecule has 1 atom stereocenters. The third-order valence-electron chi connectivity index (χ3n) is 2.94. The lowest BCUT2D eigenvalue weighted by molar-refractivity contribution is 0.0827. The highest BCUT2D eigenvalue weighted by Gasteiger charge is 2.22. The van der Waals surface area contributed by atoms with Gasteiger partial charge in [0.1, 0.15) is 0 Å². The Morgan fingerprint density at radius 2 is 2.07 bits per heavy atom. The molecule has 0 amide bonds. The largest absolute Gasteiger partial charge is 0.384 e. The molecule has 2 heteroatoms. The smallest absolute Gasteiger partial charge is 0.0988 e. The van der Waals surface area contributed by atoms with Crippen LogP contribution >= 0.6 is 0 Å². The maximum absolute atomic E-state index is 8.66. The molecule has 0 aromatic carbocycles. The summed E-state index contributed by atoms with van der Waals surface area (Å²) in [4.78, 5) is 0. The molecule has 0 aromatic rings. The van der Waals surface area contributed by atoms with Gasteiger partial charge in [0.2, 0.25) is 0 Å². The van der Waals surface area contributed by atoms with Crippen LogP contribution in [0.4, 0.5) is 0 Å². The first-order chi connectivity index (χ1) is 6.99. The molecule has 0 N–H and O–H groups in total. The Hall–Kier alpha value is -1.07. The molecule has 0 heterocycles. The van der Waals surface area contributed by atoms with Crippen LogP contribution in [-0.2, 0) is 4.74 Å². The second-order valence-corrected chi connectivity index (χ2v) is 4.29. The molecule has 0 spiro atoms. The molecule has 0 aromatic heterocycles. The highest BCUT2D eigenvalue weighted by Crippen LogP contribution is 2.30. The summed E-state index contributed by atoms with van der Waals surface area (Å²) in [6.45, 7) is 12.6. The first kappa shape index (κ1) is 13.9. The number of methoxy groups -OCH3 is 1. The van der Waals surface area contributed by atoms with Crippen LogP contribution < -0.4 is 0 Å². The summed E-state index contributed by atoms with van der Waals surface area (Å²) in [5.74, 6) is 0. The summed E-state index contributed by atoms with van der Waals surface area (Å²) in [6, 6.07) is 2.03. The average molecular weight is 207 g/mol. The molecule has 0 fully saturated rings. The number of hydrogen-bond acceptors (Lipinski definition) is 2. The fourth-order valence-electron chi connectivity index (χ4n) is 1.38. The van der Waals surface area contributed by atoms with Crippen LogP contribution in [0.1, 0.15) is 33.1 Å². The summed E-state index contributed by atoms with van der Waals surface area (Å²) in [5, 5.41) is 8.66. The Balaban J connectivity index is 4.18. The van der Waals surface area contributed by atoms with Crippen molar-refractivity contribution in [2.45, 2.75) is 33.1 Å². The van der Waals surface area contributed by atoms with Gasteiger partial charge in [0.15, 0.2) is 0 Å². The average Bonchev–Trinajstić information content (AvgIpc) is 2.25. The molecule has 0 aliphatic rings. The lowest BCUT2D eigenvalue weighted by atomic mass is 9.82. The number of allylic oxidation sites excluding steroid dienone is 2. The Kier molecular flexibility index (Phi) is 5.96. The Morgan fingerprint density at radius 3 is 2.47 bits per heavy atom. The van der Waals surface area contributed by atoms with E-state index >= 15 is 0 Å². The van der Waals surface area contributed by atoms with E-state index in [9.17, 15) is 0 Å². The highest BCUT2D eigenvalue weighted by atomic mass is 16.5. The molecule has 0 saturated carbocycles. The zero-order chi connectivity index (χ0) is 11.9. The van der Waals surface area contributed by atoms with Crippen molar-refractivity contribution in [2.24, 2.45) is 5.41 Å². The molecule has 0 saturated heterocycles. The third kappa shape index (κ3) is 4.80. The minimum absolute atomic E-state index is 0.174. The molecular weight excluding hydrogens is 186 g/mol. The SMILES string of the molecule is C=C(C#N)C(=C)CCC(C)(CC)COC. The third-order valence-corrected chi connectivity index (χ3v) is 2.94. The number of nitrogens with zero attached hydrogens (tertiary/aromatic N) is 1. The van der Waals surface area contributed by atoms with Gasteiger partial charge in [0.25, 0.3) is 0 Å². The minimum Gasteiger partial charge on any atom is -0.384 e. The lowest BCUT2D eigenvalue weighted by Crippen LogP contribution is -2.21. The number of hydrogen-bond donors (Lipinski definition) is 0. The highest BCUT2D eigenvalue weighted by molar-refractivity contribution is 5.37. The van der Waals surface area contributed by atoms with Crippen LogP contribution in [0.5, 0.6) is 0 Å². The predicted molar refractivity (Wildman–Crippen MR) is 63.4 cm³/mol. The lowest BCUT2D eigenvalue weighted by Gasteiger charge is -2.27. The number of rotatable bonds is 7. The van der Waals surface area contributed by atoms with Crippen molar-refractivity contribution in [3.8, 4) is 6.07 Å². The predicted octanol–water partition coefficient (Wildman–Crippen LogP) is 3.47.